The van der Waals surface area contributed by atoms with Crippen LogP contribution in [0.4, 0.5) is 0 Å². The van der Waals surface area contributed by atoms with Crippen LogP contribution in [-0.2, 0) is 9.53 Å². The highest BCUT2D eigenvalue weighted by Crippen LogP contribution is 2.08. The van der Waals surface area contributed by atoms with Crippen LogP contribution >= 0.6 is 0 Å². The molecule has 6 nitrogen and oxygen atoms in total. The summed E-state index contributed by atoms with van der Waals surface area (Å²) >= 11 is 0. The lowest BCUT2D eigenvalue weighted by Crippen LogP contribution is -2.26. The van der Waals surface area contributed by atoms with Crippen LogP contribution < -0.4 is 0 Å². The van der Waals surface area contributed by atoms with Gasteiger partial charge in [-0.05, 0) is 12.0 Å². The van der Waals surface area contributed by atoms with Crippen LogP contribution in [0.2, 0.25) is 0 Å². The first-order chi connectivity index (χ1) is 6.15. The van der Waals surface area contributed by atoms with Crippen molar-refractivity contribution in [3.63, 3.8) is 0 Å². The Kier molecular flexibility index (Phi) is 5.67. The molecule has 6 heteroatoms. The summed E-state index contributed by atoms with van der Waals surface area (Å²) in [4.78, 5) is 13.3. The van der Waals surface area contributed by atoms with Crippen molar-refractivity contribution in [1.29, 1.82) is 0 Å². The van der Waals surface area contributed by atoms with Gasteiger partial charge in [0.1, 0.15) is 0 Å². The molecular weight excluding hydrogens is 174 g/mol. The molecule has 0 aromatic rings. The van der Waals surface area contributed by atoms with Crippen molar-refractivity contribution in [2.45, 2.75) is 31.9 Å². The van der Waals surface area contributed by atoms with Crippen LogP contribution in [0.1, 0.15) is 19.8 Å². The van der Waals surface area contributed by atoms with E-state index in [9.17, 15) is 9.90 Å². The van der Waals surface area contributed by atoms with Crippen molar-refractivity contribution in [1.82, 2.24) is 0 Å². The number of rotatable bonds is 5. The van der Waals surface area contributed by atoms with Gasteiger partial charge in [0, 0.05) is 4.91 Å². The summed E-state index contributed by atoms with van der Waals surface area (Å²) in [5, 5.41) is 12.7. The van der Waals surface area contributed by atoms with Gasteiger partial charge in [-0.15, -0.1) is 0 Å². The summed E-state index contributed by atoms with van der Waals surface area (Å²) in [6, 6.07) is -0.566. The number of hydrogen-bond donors (Lipinski definition) is 1. The number of ether oxygens (including phenoxy) is 1. The highest BCUT2D eigenvalue weighted by atomic mass is 16.5. The van der Waals surface area contributed by atoms with Crippen molar-refractivity contribution in [3.8, 4) is 0 Å². The number of aliphatic hydroxyl groups excluding tert-OH is 1. The van der Waals surface area contributed by atoms with Crippen molar-refractivity contribution >= 4 is 5.97 Å². The molecule has 0 aliphatic rings. The second kappa shape index (κ2) is 6.28. The van der Waals surface area contributed by atoms with E-state index in [-0.39, 0.29) is 6.42 Å². The van der Waals surface area contributed by atoms with Gasteiger partial charge >= 0.3 is 5.97 Å². The zero-order valence-electron chi connectivity index (χ0n) is 7.67. The zero-order chi connectivity index (χ0) is 10.3. The number of nitrogens with zero attached hydrogens (tertiary/aromatic N) is 3. The van der Waals surface area contributed by atoms with E-state index in [0.717, 1.165) is 0 Å². The first-order valence-electron chi connectivity index (χ1n) is 3.94. The van der Waals surface area contributed by atoms with E-state index in [1.807, 2.05) is 0 Å². The van der Waals surface area contributed by atoms with Gasteiger partial charge in [-0.2, -0.15) is 0 Å². The quantitative estimate of drug-likeness (QED) is 0.301. The van der Waals surface area contributed by atoms with Gasteiger partial charge in [-0.3, -0.25) is 4.79 Å². The first-order valence-corrected chi connectivity index (χ1v) is 3.94. The van der Waals surface area contributed by atoms with Gasteiger partial charge in [0.2, 0.25) is 0 Å². The number of azide groups is 1. The average Bonchev–Trinajstić information content (AvgIpc) is 2.13. The topological polar surface area (TPSA) is 95.3 Å². The molecule has 0 aliphatic carbocycles. The van der Waals surface area contributed by atoms with Gasteiger partial charge in [-0.25, -0.2) is 0 Å². The molecule has 0 unspecified atom stereocenters. The Morgan fingerprint density at radius 3 is 2.77 bits per heavy atom. The fourth-order valence-corrected chi connectivity index (χ4v) is 0.887. The van der Waals surface area contributed by atoms with E-state index >= 15 is 0 Å². The Labute approximate surface area is 76.1 Å². The van der Waals surface area contributed by atoms with Crippen LogP contribution in [-0.4, -0.2) is 30.3 Å². The summed E-state index contributed by atoms with van der Waals surface area (Å²) in [5.41, 5.74) is 8.14. The van der Waals surface area contributed by atoms with E-state index in [4.69, 9.17) is 5.53 Å². The fourth-order valence-electron chi connectivity index (χ4n) is 0.887. The molecular formula is C7H13N3O3. The standard InChI is InChI=1S/C7H13N3O3/c1-3-5(9-10-8)6(11)4-7(12)13-2/h5-6,11H,3-4H2,1-2H3/t5-,6+/m0/s1. The normalized spacial score (nSPS) is 14.1. The van der Waals surface area contributed by atoms with Crippen LogP contribution in [0.3, 0.4) is 0 Å². The second-order valence-corrected chi connectivity index (χ2v) is 2.53. The number of methoxy groups -OCH3 is 1. The summed E-state index contributed by atoms with van der Waals surface area (Å²) in [7, 11) is 1.24. The molecule has 0 saturated heterocycles. The number of hydrogen-bond acceptors (Lipinski definition) is 4. The Morgan fingerprint density at radius 1 is 1.77 bits per heavy atom. The maximum absolute atomic E-state index is 10.7. The van der Waals surface area contributed by atoms with Crippen molar-refractivity contribution < 1.29 is 14.6 Å². The van der Waals surface area contributed by atoms with E-state index in [0.29, 0.717) is 6.42 Å². The highest BCUT2D eigenvalue weighted by molar-refractivity contribution is 5.69. The molecule has 0 rings (SSSR count). The molecule has 0 heterocycles. The molecule has 0 aromatic heterocycles. The summed E-state index contributed by atoms with van der Waals surface area (Å²) < 4.78 is 4.36. The number of aliphatic hydroxyl groups is 1. The smallest absolute Gasteiger partial charge is 0.308 e. The largest absolute Gasteiger partial charge is 0.469 e. The Balaban J connectivity index is 4.12. The number of esters is 1. The van der Waals surface area contributed by atoms with Gasteiger partial charge in [0.15, 0.2) is 0 Å². The molecule has 0 saturated carbocycles. The van der Waals surface area contributed by atoms with Gasteiger partial charge < -0.3 is 9.84 Å². The molecule has 0 amide bonds. The molecule has 0 fully saturated rings. The van der Waals surface area contributed by atoms with Crippen LogP contribution in [0.25, 0.3) is 10.4 Å². The van der Waals surface area contributed by atoms with Gasteiger partial charge in [0.25, 0.3) is 0 Å². The lowest BCUT2D eigenvalue weighted by atomic mass is 10.1. The Morgan fingerprint density at radius 2 is 2.38 bits per heavy atom. The molecule has 0 spiro atoms. The molecule has 1 N–H and O–H groups in total. The number of carbonyl (C=O) groups is 1. The summed E-state index contributed by atoms with van der Waals surface area (Å²) in [6.07, 6.45) is -0.621. The highest BCUT2D eigenvalue weighted by Gasteiger charge is 2.19. The van der Waals surface area contributed by atoms with E-state index in [2.05, 4.69) is 14.8 Å². The maximum atomic E-state index is 10.7. The Hall–Kier alpha value is -1.26. The molecule has 0 radical (unpaired) electrons. The fraction of sp³-hybridized carbons (Fsp3) is 0.857. The third-order valence-corrected chi connectivity index (χ3v) is 1.67. The van der Waals surface area contributed by atoms with E-state index in [1.54, 1.807) is 6.92 Å². The molecule has 0 bridgehead atoms. The number of carbonyl (C=O) groups excluding carboxylic acids is 1. The monoisotopic (exact) mass is 187 g/mol. The third kappa shape index (κ3) is 4.35. The lowest BCUT2D eigenvalue weighted by Gasteiger charge is -2.14. The minimum atomic E-state index is -0.964. The van der Waals surface area contributed by atoms with Crippen molar-refractivity contribution in [2.24, 2.45) is 5.11 Å². The second-order valence-electron chi connectivity index (χ2n) is 2.53. The SMILES string of the molecule is CC[C@H](N=[N+]=[N-])[C@H](O)CC(=O)OC. The molecule has 0 aromatic carbocycles. The predicted molar refractivity (Wildman–Crippen MR) is 45.9 cm³/mol. The van der Waals surface area contributed by atoms with E-state index in [1.165, 1.54) is 7.11 Å². The molecule has 2 atom stereocenters. The predicted octanol–water partition coefficient (Wildman–Crippen LogP) is 0.999. The lowest BCUT2D eigenvalue weighted by molar-refractivity contribution is -0.143. The molecule has 13 heavy (non-hydrogen) atoms. The molecule has 74 valence electrons. The van der Waals surface area contributed by atoms with Gasteiger partial charge in [0.05, 0.1) is 25.7 Å². The Bertz CT molecular complexity index is 213. The van der Waals surface area contributed by atoms with Gasteiger partial charge in [-0.1, -0.05) is 12.0 Å². The minimum Gasteiger partial charge on any atom is -0.469 e. The molecule has 0 aliphatic heterocycles. The average molecular weight is 187 g/mol. The summed E-state index contributed by atoms with van der Waals surface area (Å²) in [6.45, 7) is 1.76. The zero-order valence-corrected chi connectivity index (χ0v) is 7.67. The van der Waals surface area contributed by atoms with Crippen LogP contribution in [0, 0.1) is 0 Å². The maximum Gasteiger partial charge on any atom is 0.308 e. The summed E-state index contributed by atoms with van der Waals surface area (Å²) in [5.74, 6) is -0.515. The van der Waals surface area contributed by atoms with E-state index < -0.39 is 18.1 Å². The van der Waals surface area contributed by atoms with Crippen LogP contribution in [0.15, 0.2) is 5.11 Å². The van der Waals surface area contributed by atoms with Crippen LogP contribution in [0.5, 0.6) is 0 Å². The first kappa shape index (κ1) is 11.7. The van der Waals surface area contributed by atoms with Crippen molar-refractivity contribution in [3.05, 3.63) is 10.4 Å². The van der Waals surface area contributed by atoms with Crippen molar-refractivity contribution in [2.75, 3.05) is 7.11 Å². The minimum absolute atomic E-state index is 0.145. The third-order valence-electron chi connectivity index (χ3n) is 1.67.